The number of nitrogens with one attached hydrogen (secondary N) is 1. The molecular formula is C22H22N2O4. The molecule has 1 atom stereocenters. The van der Waals surface area contributed by atoms with E-state index in [4.69, 9.17) is 25.3 Å². The van der Waals surface area contributed by atoms with Crippen LogP contribution in [0, 0.1) is 22.7 Å². The second-order valence-electron chi connectivity index (χ2n) is 6.87. The molecule has 0 spiro atoms. The Morgan fingerprint density at radius 3 is 2.29 bits per heavy atom. The van der Waals surface area contributed by atoms with Gasteiger partial charge in [-0.05, 0) is 48.2 Å². The van der Waals surface area contributed by atoms with Crippen LogP contribution in [0.5, 0.6) is 11.5 Å². The zero-order valence-electron chi connectivity index (χ0n) is 15.4. The first kappa shape index (κ1) is 19.4. The second kappa shape index (κ2) is 9.05. The van der Waals surface area contributed by atoms with Gasteiger partial charge in [0.1, 0.15) is 24.7 Å². The zero-order chi connectivity index (χ0) is 19.9. The van der Waals surface area contributed by atoms with Crippen LogP contribution in [0.4, 0.5) is 0 Å². The molecule has 1 fully saturated rings. The molecule has 0 radical (unpaired) electrons. The van der Waals surface area contributed by atoms with Crippen LogP contribution in [0.25, 0.3) is 0 Å². The van der Waals surface area contributed by atoms with Crippen molar-refractivity contribution in [2.24, 2.45) is 5.92 Å². The highest BCUT2D eigenvalue weighted by molar-refractivity contribution is 5.87. The molecule has 0 heterocycles. The van der Waals surface area contributed by atoms with Gasteiger partial charge in [-0.3, -0.25) is 4.79 Å². The Hall–Kier alpha value is -3.33. The number of rotatable bonds is 10. The minimum Gasteiger partial charge on any atom is -0.489 e. The molecule has 6 heteroatoms. The van der Waals surface area contributed by atoms with Gasteiger partial charge in [-0.15, -0.1) is 0 Å². The van der Waals surface area contributed by atoms with Gasteiger partial charge >= 0.3 is 5.97 Å². The molecule has 2 aromatic rings. The number of hydrogen-bond donors (Lipinski definition) is 2. The predicted octanol–water partition coefficient (Wildman–Crippen LogP) is 4.16. The van der Waals surface area contributed by atoms with E-state index in [1.165, 1.54) is 0 Å². The number of ether oxygens (including phenoxy) is 2. The van der Waals surface area contributed by atoms with Crippen molar-refractivity contribution in [2.75, 3.05) is 6.61 Å². The summed E-state index contributed by atoms with van der Waals surface area (Å²) in [6.07, 6.45) is 2.00. The molecule has 0 aliphatic heterocycles. The molecule has 1 aliphatic carbocycles. The first-order valence-corrected chi connectivity index (χ1v) is 9.18. The van der Waals surface area contributed by atoms with E-state index in [1.807, 2.05) is 30.3 Å². The minimum absolute atomic E-state index is 0.217. The van der Waals surface area contributed by atoms with E-state index >= 15 is 0 Å². The number of carboxylic acid groups (broad SMARTS) is 1. The van der Waals surface area contributed by atoms with E-state index in [0.29, 0.717) is 36.2 Å². The highest BCUT2D eigenvalue weighted by Gasteiger charge is 2.26. The molecule has 1 unspecified atom stereocenters. The van der Waals surface area contributed by atoms with Crippen molar-refractivity contribution >= 4 is 11.7 Å². The Morgan fingerprint density at radius 1 is 1.11 bits per heavy atom. The standard InChI is InChI=1S/C22H22N2O4/c23-12-18(11-22(25)26)16-5-9-20(10-6-16)27-13-15-1-7-19(8-2-15)28-14-21(24)17-3-4-17/h1-2,5-10,17-18,24H,3-4,11,13-14H2,(H,25,26). The molecule has 0 saturated heterocycles. The Balaban J connectivity index is 1.48. The molecule has 3 rings (SSSR count). The van der Waals surface area contributed by atoms with Gasteiger partial charge in [0.15, 0.2) is 0 Å². The fourth-order valence-electron chi connectivity index (χ4n) is 2.77. The third-order valence-electron chi connectivity index (χ3n) is 4.61. The van der Waals surface area contributed by atoms with E-state index in [1.54, 1.807) is 24.3 Å². The highest BCUT2D eigenvalue weighted by Crippen LogP contribution is 2.30. The number of nitrogens with zero attached hydrogens (tertiary/aromatic N) is 1. The molecule has 0 aromatic heterocycles. The van der Waals surface area contributed by atoms with Gasteiger partial charge in [-0.1, -0.05) is 24.3 Å². The molecule has 6 nitrogen and oxygen atoms in total. The molecule has 28 heavy (non-hydrogen) atoms. The summed E-state index contributed by atoms with van der Waals surface area (Å²) in [6.45, 7) is 0.729. The van der Waals surface area contributed by atoms with E-state index in [9.17, 15) is 4.79 Å². The van der Waals surface area contributed by atoms with Gasteiger partial charge in [0.05, 0.1) is 18.4 Å². The highest BCUT2D eigenvalue weighted by atomic mass is 16.5. The van der Waals surface area contributed by atoms with Crippen molar-refractivity contribution in [3.8, 4) is 17.6 Å². The number of carboxylic acids is 1. The predicted molar refractivity (Wildman–Crippen MR) is 104 cm³/mol. The van der Waals surface area contributed by atoms with Crippen LogP contribution in [0.15, 0.2) is 48.5 Å². The second-order valence-corrected chi connectivity index (χ2v) is 6.87. The summed E-state index contributed by atoms with van der Waals surface area (Å²) < 4.78 is 11.4. The summed E-state index contributed by atoms with van der Waals surface area (Å²) in [4.78, 5) is 10.8. The lowest BCUT2D eigenvalue weighted by Gasteiger charge is -2.10. The largest absolute Gasteiger partial charge is 0.489 e. The maximum Gasteiger partial charge on any atom is 0.305 e. The lowest BCUT2D eigenvalue weighted by Crippen LogP contribution is -2.11. The third kappa shape index (κ3) is 5.58. The number of nitriles is 1. The van der Waals surface area contributed by atoms with Gasteiger partial charge in [0, 0.05) is 11.6 Å². The average molecular weight is 378 g/mol. The van der Waals surface area contributed by atoms with Gasteiger partial charge < -0.3 is 20.0 Å². The monoisotopic (exact) mass is 378 g/mol. The first-order valence-electron chi connectivity index (χ1n) is 9.18. The maximum absolute atomic E-state index is 10.8. The van der Waals surface area contributed by atoms with Crippen LogP contribution >= 0.6 is 0 Å². The molecule has 2 N–H and O–H groups in total. The lowest BCUT2D eigenvalue weighted by atomic mass is 9.97. The first-order chi connectivity index (χ1) is 13.5. The summed E-state index contributed by atoms with van der Waals surface area (Å²) >= 11 is 0. The van der Waals surface area contributed by atoms with Crippen LogP contribution in [0.1, 0.15) is 36.3 Å². The van der Waals surface area contributed by atoms with Crippen molar-refractivity contribution in [1.82, 2.24) is 0 Å². The summed E-state index contributed by atoms with van der Waals surface area (Å²) in [5.41, 5.74) is 2.31. The van der Waals surface area contributed by atoms with Crippen molar-refractivity contribution in [2.45, 2.75) is 31.8 Å². The van der Waals surface area contributed by atoms with Crippen molar-refractivity contribution in [3.05, 3.63) is 59.7 Å². The molecule has 2 aromatic carbocycles. The molecule has 1 aliphatic rings. The topological polar surface area (TPSA) is 103 Å². The fraction of sp³-hybridized carbons (Fsp3) is 0.318. The number of carbonyl (C=O) groups is 1. The quantitative estimate of drug-likeness (QED) is 0.604. The van der Waals surface area contributed by atoms with E-state index < -0.39 is 11.9 Å². The van der Waals surface area contributed by atoms with Gasteiger partial charge in [0.25, 0.3) is 0 Å². The lowest BCUT2D eigenvalue weighted by molar-refractivity contribution is -0.137. The Kier molecular flexibility index (Phi) is 6.28. The van der Waals surface area contributed by atoms with Gasteiger partial charge in [-0.2, -0.15) is 5.26 Å². The van der Waals surface area contributed by atoms with E-state index in [2.05, 4.69) is 0 Å². The number of benzene rings is 2. The summed E-state index contributed by atoms with van der Waals surface area (Å²) in [6, 6.07) is 16.5. The fourth-order valence-corrected chi connectivity index (χ4v) is 2.77. The molecule has 0 amide bonds. The average Bonchev–Trinajstić information content (AvgIpc) is 3.55. The Labute approximate surface area is 163 Å². The van der Waals surface area contributed by atoms with E-state index in [0.717, 1.165) is 24.2 Å². The number of aliphatic carboxylic acids is 1. The number of hydrogen-bond acceptors (Lipinski definition) is 5. The molecular weight excluding hydrogens is 356 g/mol. The Bertz CT molecular complexity index is 865. The maximum atomic E-state index is 10.8. The van der Waals surface area contributed by atoms with Gasteiger partial charge in [0.2, 0.25) is 0 Å². The molecule has 1 saturated carbocycles. The van der Waals surface area contributed by atoms with Crippen LogP contribution in [-0.2, 0) is 11.4 Å². The normalized spacial score (nSPS) is 14.0. The summed E-state index contributed by atoms with van der Waals surface area (Å²) in [5, 5.41) is 25.8. The van der Waals surface area contributed by atoms with Crippen LogP contribution in [-0.4, -0.2) is 23.4 Å². The smallest absolute Gasteiger partial charge is 0.305 e. The van der Waals surface area contributed by atoms with E-state index in [-0.39, 0.29) is 6.42 Å². The van der Waals surface area contributed by atoms with Crippen LogP contribution in [0.2, 0.25) is 0 Å². The minimum atomic E-state index is -0.997. The zero-order valence-corrected chi connectivity index (χ0v) is 15.4. The molecule has 0 bridgehead atoms. The van der Waals surface area contributed by atoms with Crippen molar-refractivity contribution in [1.29, 1.82) is 10.7 Å². The van der Waals surface area contributed by atoms with Crippen LogP contribution in [0.3, 0.4) is 0 Å². The van der Waals surface area contributed by atoms with Gasteiger partial charge in [-0.25, -0.2) is 0 Å². The third-order valence-corrected chi connectivity index (χ3v) is 4.61. The summed E-state index contributed by atoms with van der Waals surface area (Å²) in [7, 11) is 0. The van der Waals surface area contributed by atoms with Crippen molar-refractivity contribution < 1.29 is 19.4 Å². The summed E-state index contributed by atoms with van der Waals surface area (Å²) in [5.74, 6) is 0.143. The van der Waals surface area contributed by atoms with Crippen LogP contribution < -0.4 is 9.47 Å². The Morgan fingerprint density at radius 2 is 1.71 bits per heavy atom. The SMILES string of the molecule is N#CC(CC(=O)O)c1ccc(OCc2ccc(OCC(=N)C3CC3)cc2)cc1. The molecule has 144 valence electrons. The van der Waals surface area contributed by atoms with Crippen molar-refractivity contribution in [3.63, 3.8) is 0 Å².